The van der Waals surface area contributed by atoms with Crippen molar-refractivity contribution < 1.29 is 19.4 Å². The topological polar surface area (TPSA) is 55.8 Å². The fraction of sp³-hybridized carbons (Fsp3) is 0.875. The van der Waals surface area contributed by atoms with Gasteiger partial charge in [-0.1, -0.05) is 0 Å². The van der Waals surface area contributed by atoms with Gasteiger partial charge in [0.05, 0.1) is 19.3 Å². The van der Waals surface area contributed by atoms with Crippen LogP contribution in [0.3, 0.4) is 0 Å². The number of carbonyl (C=O) groups excluding carboxylic acids is 1. The number of carbonyl (C=O) groups is 1. The van der Waals surface area contributed by atoms with Crippen LogP contribution in [0.5, 0.6) is 0 Å². The maximum atomic E-state index is 10.1. The number of hydrogen-bond acceptors (Lipinski definition) is 4. The number of Topliss-reactive ketones (excluding diaryl/α,β-unsaturated/α-hetero) is 1. The normalized spacial score (nSPS) is 28.4. The average molecular weight is 174 g/mol. The summed E-state index contributed by atoms with van der Waals surface area (Å²) in [5.41, 5.74) is 0. The van der Waals surface area contributed by atoms with Crippen LogP contribution in [0.1, 0.15) is 12.8 Å². The van der Waals surface area contributed by atoms with Gasteiger partial charge in [-0.15, -0.1) is 0 Å². The highest BCUT2D eigenvalue weighted by molar-refractivity contribution is 5.81. The lowest BCUT2D eigenvalue weighted by molar-refractivity contribution is -0.117. The summed E-state index contributed by atoms with van der Waals surface area (Å²) in [6, 6.07) is 0. The Hall–Kier alpha value is -0.450. The minimum Gasteiger partial charge on any atom is -0.391 e. The van der Waals surface area contributed by atoms with Gasteiger partial charge in [0.1, 0.15) is 6.61 Å². The number of hydrogen-bond donors (Lipinski definition) is 1. The van der Waals surface area contributed by atoms with Crippen LogP contribution in [0.4, 0.5) is 0 Å². The molecule has 0 aliphatic carbocycles. The van der Waals surface area contributed by atoms with E-state index >= 15 is 0 Å². The third kappa shape index (κ3) is 3.80. The van der Waals surface area contributed by atoms with E-state index in [0.717, 1.165) is 13.0 Å². The first kappa shape index (κ1) is 9.64. The van der Waals surface area contributed by atoms with Crippen molar-refractivity contribution in [2.75, 3.05) is 26.4 Å². The van der Waals surface area contributed by atoms with Crippen molar-refractivity contribution in [2.24, 2.45) is 0 Å². The molecule has 1 unspecified atom stereocenters. The van der Waals surface area contributed by atoms with Crippen LogP contribution in [0.2, 0.25) is 0 Å². The molecule has 2 heterocycles. The summed E-state index contributed by atoms with van der Waals surface area (Å²) >= 11 is 0. The lowest BCUT2D eigenvalue weighted by Crippen LogP contribution is -2.02. The van der Waals surface area contributed by atoms with Gasteiger partial charge >= 0.3 is 0 Å². The largest absolute Gasteiger partial charge is 0.391 e. The van der Waals surface area contributed by atoms with Gasteiger partial charge in [-0.25, -0.2) is 0 Å². The SMILES string of the molecule is O=C1CCOC1.OC1CCOC1. The van der Waals surface area contributed by atoms with Crippen molar-refractivity contribution in [3.8, 4) is 0 Å². The highest BCUT2D eigenvalue weighted by atomic mass is 16.5. The molecule has 0 bridgehead atoms. The first-order chi connectivity index (χ1) is 5.79. The van der Waals surface area contributed by atoms with E-state index in [1.807, 2.05) is 0 Å². The predicted molar refractivity (Wildman–Crippen MR) is 41.9 cm³/mol. The molecule has 2 aliphatic rings. The van der Waals surface area contributed by atoms with E-state index < -0.39 is 0 Å². The molecule has 12 heavy (non-hydrogen) atoms. The maximum Gasteiger partial charge on any atom is 0.160 e. The van der Waals surface area contributed by atoms with E-state index in [1.165, 1.54) is 0 Å². The van der Waals surface area contributed by atoms with Crippen molar-refractivity contribution in [1.29, 1.82) is 0 Å². The summed E-state index contributed by atoms with van der Waals surface area (Å²) in [7, 11) is 0. The average Bonchev–Trinajstić information content (AvgIpc) is 2.63. The Morgan fingerprint density at radius 3 is 2.33 bits per heavy atom. The molecule has 2 aliphatic heterocycles. The first-order valence-electron chi connectivity index (χ1n) is 4.14. The van der Waals surface area contributed by atoms with Crippen molar-refractivity contribution in [3.05, 3.63) is 0 Å². The molecule has 0 aromatic rings. The highest BCUT2D eigenvalue weighted by Gasteiger charge is 2.09. The second-order valence-corrected chi connectivity index (χ2v) is 2.86. The summed E-state index contributed by atoms with van der Waals surface area (Å²) in [6.07, 6.45) is 1.27. The van der Waals surface area contributed by atoms with Crippen LogP contribution in [0, 0.1) is 0 Å². The van der Waals surface area contributed by atoms with Crippen molar-refractivity contribution >= 4 is 5.78 Å². The van der Waals surface area contributed by atoms with Crippen LogP contribution in [-0.4, -0.2) is 43.4 Å². The van der Waals surface area contributed by atoms with E-state index in [4.69, 9.17) is 14.6 Å². The molecule has 1 atom stereocenters. The Bertz CT molecular complexity index is 132. The number of ether oxygens (including phenoxy) is 2. The van der Waals surface area contributed by atoms with Gasteiger partial charge in [-0.2, -0.15) is 0 Å². The number of aliphatic hydroxyl groups is 1. The molecule has 4 nitrogen and oxygen atoms in total. The van der Waals surface area contributed by atoms with Gasteiger partial charge in [0.25, 0.3) is 0 Å². The Morgan fingerprint density at radius 1 is 1.33 bits per heavy atom. The second kappa shape index (κ2) is 5.24. The molecule has 0 radical (unpaired) electrons. The molecular formula is C8H14O4. The minimum absolute atomic E-state index is 0.176. The molecule has 4 heteroatoms. The smallest absolute Gasteiger partial charge is 0.160 e. The molecule has 0 aromatic heterocycles. The summed E-state index contributed by atoms with van der Waals surface area (Å²) in [6.45, 7) is 2.26. The van der Waals surface area contributed by atoms with Crippen LogP contribution in [-0.2, 0) is 14.3 Å². The Morgan fingerprint density at radius 2 is 2.17 bits per heavy atom. The quantitative estimate of drug-likeness (QED) is 0.550. The van der Waals surface area contributed by atoms with Crippen LogP contribution < -0.4 is 0 Å². The zero-order chi connectivity index (χ0) is 8.81. The molecular weight excluding hydrogens is 160 g/mol. The first-order valence-corrected chi connectivity index (χ1v) is 4.14. The highest BCUT2D eigenvalue weighted by Crippen LogP contribution is 2.00. The number of aliphatic hydroxyl groups excluding tert-OH is 1. The van der Waals surface area contributed by atoms with E-state index in [2.05, 4.69) is 0 Å². The fourth-order valence-electron chi connectivity index (χ4n) is 0.966. The van der Waals surface area contributed by atoms with Gasteiger partial charge in [0.2, 0.25) is 0 Å². The standard InChI is InChI=1S/C4H8O2.C4H6O2/c2*5-4-1-2-6-3-4/h4-5H,1-3H2;1-3H2. The lowest BCUT2D eigenvalue weighted by atomic mass is 10.3. The minimum atomic E-state index is -0.176. The molecule has 1 N–H and O–H groups in total. The molecule has 0 saturated carbocycles. The molecule has 70 valence electrons. The van der Waals surface area contributed by atoms with Crippen LogP contribution >= 0.6 is 0 Å². The lowest BCUT2D eigenvalue weighted by Gasteiger charge is -1.89. The second-order valence-electron chi connectivity index (χ2n) is 2.86. The zero-order valence-electron chi connectivity index (χ0n) is 6.99. The summed E-state index contributed by atoms with van der Waals surface area (Å²) < 4.78 is 9.51. The van der Waals surface area contributed by atoms with Crippen molar-refractivity contribution in [1.82, 2.24) is 0 Å². The van der Waals surface area contributed by atoms with Gasteiger partial charge in [0, 0.05) is 13.0 Å². The Kier molecular flexibility index (Phi) is 4.21. The number of rotatable bonds is 0. The van der Waals surface area contributed by atoms with E-state index in [9.17, 15) is 4.79 Å². The van der Waals surface area contributed by atoms with Gasteiger partial charge < -0.3 is 14.6 Å². The van der Waals surface area contributed by atoms with E-state index in [0.29, 0.717) is 26.2 Å². The van der Waals surface area contributed by atoms with E-state index in [-0.39, 0.29) is 11.9 Å². The molecule has 0 spiro atoms. The van der Waals surface area contributed by atoms with Gasteiger partial charge in [-0.3, -0.25) is 4.79 Å². The van der Waals surface area contributed by atoms with Crippen LogP contribution in [0.25, 0.3) is 0 Å². The summed E-state index contributed by atoms with van der Waals surface area (Å²) in [5, 5.41) is 8.60. The van der Waals surface area contributed by atoms with Crippen molar-refractivity contribution in [3.63, 3.8) is 0 Å². The van der Waals surface area contributed by atoms with Gasteiger partial charge in [0.15, 0.2) is 5.78 Å². The molecule has 2 fully saturated rings. The third-order valence-corrected chi connectivity index (χ3v) is 1.69. The summed E-state index contributed by atoms with van der Waals surface area (Å²) in [4.78, 5) is 10.1. The van der Waals surface area contributed by atoms with Crippen LogP contribution in [0.15, 0.2) is 0 Å². The van der Waals surface area contributed by atoms with Gasteiger partial charge in [-0.05, 0) is 6.42 Å². The maximum absolute atomic E-state index is 10.1. The Labute approximate surface area is 71.5 Å². The zero-order valence-corrected chi connectivity index (χ0v) is 6.99. The molecule has 0 aromatic carbocycles. The predicted octanol–water partition coefficient (Wildman–Crippen LogP) is -0.257. The third-order valence-electron chi connectivity index (χ3n) is 1.69. The molecule has 2 rings (SSSR count). The summed E-state index contributed by atoms with van der Waals surface area (Å²) in [5.74, 6) is 0.231. The van der Waals surface area contributed by atoms with Crippen molar-refractivity contribution in [2.45, 2.75) is 18.9 Å². The molecule has 2 saturated heterocycles. The Balaban J connectivity index is 0.000000120. The monoisotopic (exact) mass is 174 g/mol. The number of ketones is 1. The fourth-order valence-corrected chi connectivity index (χ4v) is 0.966. The van der Waals surface area contributed by atoms with E-state index in [1.54, 1.807) is 0 Å². The molecule has 0 amide bonds.